The summed E-state index contributed by atoms with van der Waals surface area (Å²) < 4.78 is 0. The first-order chi connectivity index (χ1) is 28.7. The molecule has 9 aromatic rings. The van der Waals surface area contributed by atoms with Crippen molar-refractivity contribution in [1.29, 1.82) is 5.26 Å². The van der Waals surface area contributed by atoms with Crippen LogP contribution >= 0.6 is 11.8 Å². The smallest absolute Gasteiger partial charge is 0.164 e. The SMILES string of the molecule is N#Cc1ccc(-c2ccc3c(c2)C2(c4ccccc4Sc4ccc(-c5nc(-c6ccccc6)nc(-c6ccccc6-c6ccccc6)n5)cc42)c2ccccc2-3)cc1. The second kappa shape index (κ2) is 13.7. The maximum atomic E-state index is 9.52. The zero-order valence-electron chi connectivity index (χ0n) is 31.2. The van der Waals surface area contributed by atoms with E-state index in [1.165, 1.54) is 43.2 Å². The molecule has 2 heterocycles. The normalized spacial score (nSPS) is 14.5. The molecule has 1 spiro atoms. The summed E-state index contributed by atoms with van der Waals surface area (Å²) >= 11 is 1.82. The van der Waals surface area contributed by atoms with Gasteiger partial charge in [-0.05, 0) is 92.0 Å². The molecule has 0 amide bonds. The highest BCUT2D eigenvalue weighted by Gasteiger charge is 2.50. The molecule has 1 aliphatic carbocycles. The molecule has 1 unspecified atom stereocenters. The molecule has 11 rings (SSSR count). The Labute approximate surface area is 341 Å². The molecule has 2 aliphatic rings. The molecular weight excluding hydrogens is 725 g/mol. The van der Waals surface area contributed by atoms with Gasteiger partial charge in [-0.25, -0.2) is 15.0 Å². The molecule has 0 radical (unpaired) electrons. The van der Waals surface area contributed by atoms with Crippen LogP contribution in [-0.4, -0.2) is 15.0 Å². The lowest BCUT2D eigenvalue weighted by Crippen LogP contribution is -2.32. The molecule has 0 bridgehead atoms. The van der Waals surface area contributed by atoms with Gasteiger partial charge in [-0.1, -0.05) is 169 Å². The number of aromatic nitrogens is 3. The van der Waals surface area contributed by atoms with E-state index in [9.17, 15) is 5.26 Å². The summed E-state index contributed by atoms with van der Waals surface area (Å²) in [6.45, 7) is 0. The fourth-order valence-corrected chi connectivity index (χ4v) is 10.0. The molecule has 0 fully saturated rings. The van der Waals surface area contributed by atoms with E-state index in [-0.39, 0.29) is 0 Å². The lowest BCUT2D eigenvalue weighted by Gasteiger charge is -2.40. The Bertz CT molecular complexity index is 3100. The second-order valence-electron chi connectivity index (χ2n) is 14.6. The van der Waals surface area contributed by atoms with Crippen LogP contribution in [0.5, 0.6) is 0 Å². The van der Waals surface area contributed by atoms with E-state index in [0.717, 1.165) is 38.9 Å². The van der Waals surface area contributed by atoms with Crippen LogP contribution in [0, 0.1) is 11.3 Å². The quantitative estimate of drug-likeness (QED) is 0.175. The number of hydrogen-bond donors (Lipinski definition) is 0. The van der Waals surface area contributed by atoms with Crippen LogP contribution in [0.4, 0.5) is 0 Å². The molecule has 0 saturated carbocycles. The van der Waals surface area contributed by atoms with Crippen LogP contribution in [0.25, 0.3) is 67.5 Å². The highest BCUT2D eigenvalue weighted by atomic mass is 32.2. The molecule has 270 valence electrons. The van der Waals surface area contributed by atoms with Gasteiger partial charge in [0, 0.05) is 26.5 Å². The van der Waals surface area contributed by atoms with Crippen molar-refractivity contribution in [1.82, 2.24) is 15.0 Å². The molecule has 0 N–H and O–H groups in total. The number of rotatable bonds is 5. The molecule has 58 heavy (non-hydrogen) atoms. The molecule has 4 nitrogen and oxygen atoms in total. The number of nitriles is 1. The predicted octanol–water partition coefficient (Wildman–Crippen LogP) is 12.9. The first-order valence-corrected chi connectivity index (χ1v) is 20.1. The average Bonchev–Trinajstić information content (AvgIpc) is 3.59. The molecule has 1 atom stereocenters. The topological polar surface area (TPSA) is 62.5 Å². The molecule has 1 aliphatic heterocycles. The third-order valence-corrected chi connectivity index (χ3v) is 12.6. The maximum Gasteiger partial charge on any atom is 0.164 e. The maximum absolute atomic E-state index is 9.52. The van der Waals surface area contributed by atoms with E-state index in [0.29, 0.717) is 23.0 Å². The third kappa shape index (κ3) is 5.34. The number of benzene rings is 8. The van der Waals surface area contributed by atoms with Crippen molar-refractivity contribution in [2.75, 3.05) is 0 Å². The van der Waals surface area contributed by atoms with Crippen LogP contribution < -0.4 is 0 Å². The van der Waals surface area contributed by atoms with Crippen molar-refractivity contribution in [3.05, 3.63) is 222 Å². The molecular formula is C53H32N4S. The van der Waals surface area contributed by atoms with Gasteiger partial charge < -0.3 is 0 Å². The van der Waals surface area contributed by atoms with Gasteiger partial charge in [-0.3, -0.25) is 0 Å². The van der Waals surface area contributed by atoms with E-state index in [1.54, 1.807) is 0 Å². The minimum Gasteiger partial charge on any atom is -0.208 e. The number of fused-ring (bicyclic) bond motifs is 9. The summed E-state index contributed by atoms with van der Waals surface area (Å²) in [5.41, 5.74) is 14.6. The van der Waals surface area contributed by atoms with E-state index < -0.39 is 5.41 Å². The van der Waals surface area contributed by atoms with Gasteiger partial charge >= 0.3 is 0 Å². The molecule has 1 aromatic heterocycles. The zero-order chi connectivity index (χ0) is 38.6. The van der Waals surface area contributed by atoms with Crippen molar-refractivity contribution in [2.24, 2.45) is 0 Å². The Balaban J connectivity index is 1.16. The Morgan fingerprint density at radius 2 is 0.897 bits per heavy atom. The fourth-order valence-electron chi connectivity index (χ4n) is 8.85. The highest BCUT2D eigenvalue weighted by Crippen LogP contribution is 2.62. The summed E-state index contributed by atoms with van der Waals surface area (Å²) in [4.78, 5) is 18.1. The van der Waals surface area contributed by atoms with Gasteiger partial charge in [-0.15, -0.1) is 0 Å². The summed E-state index contributed by atoms with van der Waals surface area (Å²) in [5, 5.41) is 9.52. The Kier molecular flexibility index (Phi) is 7.99. The van der Waals surface area contributed by atoms with Crippen LogP contribution in [0.1, 0.15) is 27.8 Å². The number of nitrogens with zero attached hydrogens (tertiary/aromatic N) is 4. The highest BCUT2D eigenvalue weighted by molar-refractivity contribution is 7.99. The summed E-state index contributed by atoms with van der Waals surface area (Å²) in [5.74, 6) is 1.87. The molecule has 5 heteroatoms. The predicted molar refractivity (Wildman–Crippen MR) is 233 cm³/mol. The third-order valence-electron chi connectivity index (χ3n) is 11.5. The Hall–Kier alpha value is -7.39. The average molecular weight is 757 g/mol. The lowest BCUT2D eigenvalue weighted by atomic mass is 9.67. The van der Waals surface area contributed by atoms with Crippen molar-refractivity contribution < 1.29 is 0 Å². The van der Waals surface area contributed by atoms with Gasteiger partial charge in [0.15, 0.2) is 17.5 Å². The van der Waals surface area contributed by atoms with Gasteiger partial charge in [0.2, 0.25) is 0 Å². The summed E-state index contributed by atoms with van der Waals surface area (Å²) in [6.07, 6.45) is 0. The van der Waals surface area contributed by atoms with Gasteiger partial charge in [0.1, 0.15) is 0 Å². The van der Waals surface area contributed by atoms with E-state index in [1.807, 2.05) is 66.4 Å². The Morgan fingerprint density at radius 3 is 1.66 bits per heavy atom. The first-order valence-electron chi connectivity index (χ1n) is 19.3. The zero-order valence-corrected chi connectivity index (χ0v) is 32.0. The van der Waals surface area contributed by atoms with E-state index in [2.05, 4.69) is 146 Å². The standard InChI is InChI=1S/C53H32N4S/c54-33-34-23-25-35(26-24-34)38-27-29-42-41-18-9-10-20-44(41)53(46(42)31-38)45-21-11-12-22-48(45)58-49-30-28-39(32-47(49)53)51-55-50(37-15-5-2-6-16-37)56-52(57-51)43-19-8-7-17-40(43)36-13-3-1-4-14-36/h1-32H. The van der Waals surface area contributed by atoms with Crippen LogP contribution in [0.2, 0.25) is 0 Å². The first kappa shape index (κ1) is 33.9. The van der Waals surface area contributed by atoms with Crippen molar-refractivity contribution in [3.8, 4) is 73.6 Å². The van der Waals surface area contributed by atoms with Crippen LogP contribution in [0.3, 0.4) is 0 Å². The second-order valence-corrected chi connectivity index (χ2v) is 15.7. The largest absolute Gasteiger partial charge is 0.208 e. The summed E-state index contributed by atoms with van der Waals surface area (Å²) in [6, 6.07) is 70.4. The minimum atomic E-state index is -0.611. The summed E-state index contributed by atoms with van der Waals surface area (Å²) in [7, 11) is 0. The lowest BCUT2D eigenvalue weighted by molar-refractivity contribution is 0.723. The van der Waals surface area contributed by atoms with Crippen molar-refractivity contribution >= 4 is 11.8 Å². The minimum absolute atomic E-state index is 0.611. The van der Waals surface area contributed by atoms with Crippen molar-refractivity contribution in [2.45, 2.75) is 15.2 Å². The Morgan fingerprint density at radius 1 is 0.362 bits per heavy atom. The van der Waals surface area contributed by atoms with Crippen molar-refractivity contribution in [3.63, 3.8) is 0 Å². The van der Waals surface area contributed by atoms with Gasteiger partial charge in [-0.2, -0.15) is 5.26 Å². The molecule has 8 aromatic carbocycles. The molecule has 0 saturated heterocycles. The monoisotopic (exact) mass is 756 g/mol. The van der Waals surface area contributed by atoms with Crippen LogP contribution in [-0.2, 0) is 5.41 Å². The number of hydrogen-bond acceptors (Lipinski definition) is 5. The van der Waals surface area contributed by atoms with Gasteiger partial charge in [0.05, 0.1) is 17.0 Å². The van der Waals surface area contributed by atoms with E-state index in [4.69, 9.17) is 15.0 Å². The van der Waals surface area contributed by atoms with E-state index >= 15 is 0 Å². The van der Waals surface area contributed by atoms with Crippen LogP contribution in [0.15, 0.2) is 204 Å². The fraction of sp³-hybridized carbons (Fsp3) is 0.0189. The van der Waals surface area contributed by atoms with Gasteiger partial charge in [0.25, 0.3) is 0 Å².